The molecule has 1 amide bonds. The zero-order valence-electron chi connectivity index (χ0n) is 12.9. The SMILES string of the molecule is Cc1cccc2oc(C(=O)NCC3CCCCC3)cc(=O)c12. The molecule has 1 aromatic carbocycles. The Morgan fingerprint density at radius 1 is 1.27 bits per heavy atom. The van der Waals surface area contributed by atoms with Gasteiger partial charge in [0.25, 0.3) is 5.91 Å². The molecule has 1 aromatic heterocycles. The van der Waals surface area contributed by atoms with Gasteiger partial charge in [0.1, 0.15) is 5.58 Å². The molecule has 1 saturated carbocycles. The number of benzene rings is 1. The fourth-order valence-electron chi connectivity index (χ4n) is 3.21. The van der Waals surface area contributed by atoms with Crippen LogP contribution in [0, 0.1) is 12.8 Å². The lowest BCUT2D eigenvalue weighted by Crippen LogP contribution is -2.30. The average Bonchev–Trinajstić information content (AvgIpc) is 2.53. The van der Waals surface area contributed by atoms with E-state index in [2.05, 4.69) is 5.32 Å². The highest BCUT2D eigenvalue weighted by molar-refractivity contribution is 5.93. The van der Waals surface area contributed by atoms with E-state index in [-0.39, 0.29) is 17.1 Å². The largest absolute Gasteiger partial charge is 0.451 e. The van der Waals surface area contributed by atoms with Gasteiger partial charge in [-0.15, -0.1) is 0 Å². The summed E-state index contributed by atoms with van der Waals surface area (Å²) in [7, 11) is 0. The molecule has 1 aliphatic rings. The first-order valence-corrected chi connectivity index (χ1v) is 7.97. The van der Waals surface area contributed by atoms with Crippen molar-refractivity contribution in [1.82, 2.24) is 5.32 Å². The van der Waals surface area contributed by atoms with Crippen molar-refractivity contribution in [2.45, 2.75) is 39.0 Å². The summed E-state index contributed by atoms with van der Waals surface area (Å²) in [5.74, 6) is 0.345. The van der Waals surface area contributed by atoms with Crippen molar-refractivity contribution in [3.63, 3.8) is 0 Å². The highest BCUT2D eigenvalue weighted by atomic mass is 16.3. The Kier molecular flexibility index (Phi) is 4.27. The van der Waals surface area contributed by atoms with E-state index < -0.39 is 0 Å². The smallest absolute Gasteiger partial charge is 0.287 e. The molecule has 0 unspecified atom stereocenters. The van der Waals surface area contributed by atoms with Crippen molar-refractivity contribution >= 4 is 16.9 Å². The fraction of sp³-hybridized carbons (Fsp3) is 0.444. The summed E-state index contributed by atoms with van der Waals surface area (Å²) in [5.41, 5.74) is 1.16. The van der Waals surface area contributed by atoms with Crippen LogP contribution in [-0.4, -0.2) is 12.5 Å². The first-order valence-electron chi connectivity index (χ1n) is 7.97. The van der Waals surface area contributed by atoms with Crippen LogP contribution < -0.4 is 10.7 Å². The Labute approximate surface area is 129 Å². The van der Waals surface area contributed by atoms with Gasteiger partial charge < -0.3 is 9.73 Å². The van der Waals surface area contributed by atoms with Gasteiger partial charge in [0.15, 0.2) is 11.2 Å². The normalized spacial score (nSPS) is 15.9. The van der Waals surface area contributed by atoms with Crippen molar-refractivity contribution in [3.8, 4) is 0 Å². The quantitative estimate of drug-likeness (QED) is 0.944. The van der Waals surface area contributed by atoms with E-state index in [0.717, 1.165) is 5.56 Å². The van der Waals surface area contributed by atoms with Crippen LogP contribution in [0.3, 0.4) is 0 Å². The third-order valence-corrected chi connectivity index (χ3v) is 4.46. The number of nitrogens with one attached hydrogen (secondary N) is 1. The molecule has 0 saturated heterocycles. The average molecular weight is 299 g/mol. The Hall–Kier alpha value is -2.10. The minimum Gasteiger partial charge on any atom is -0.451 e. The predicted octanol–water partition coefficient (Wildman–Crippen LogP) is 3.41. The van der Waals surface area contributed by atoms with Crippen LogP contribution in [-0.2, 0) is 0 Å². The van der Waals surface area contributed by atoms with Gasteiger partial charge in [-0.1, -0.05) is 31.4 Å². The molecule has 3 rings (SSSR count). The second-order valence-electron chi connectivity index (χ2n) is 6.14. The van der Waals surface area contributed by atoms with Crippen LogP contribution in [0.15, 0.2) is 33.5 Å². The summed E-state index contributed by atoms with van der Waals surface area (Å²) in [4.78, 5) is 24.4. The standard InChI is InChI=1S/C18H21NO3/c1-12-6-5-9-15-17(12)14(20)10-16(22-15)18(21)19-11-13-7-3-2-4-8-13/h5-6,9-10,13H,2-4,7-8,11H2,1H3,(H,19,21). The number of carbonyl (C=O) groups excluding carboxylic acids is 1. The van der Waals surface area contributed by atoms with E-state index >= 15 is 0 Å². The second kappa shape index (κ2) is 6.34. The lowest BCUT2D eigenvalue weighted by atomic mass is 9.89. The van der Waals surface area contributed by atoms with Crippen molar-refractivity contribution in [2.75, 3.05) is 6.54 Å². The summed E-state index contributed by atoms with van der Waals surface area (Å²) in [5, 5.41) is 3.45. The third kappa shape index (κ3) is 3.06. The van der Waals surface area contributed by atoms with Crippen LogP contribution in [0.25, 0.3) is 11.0 Å². The molecular formula is C18H21NO3. The Morgan fingerprint density at radius 2 is 2.05 bits per heavy atom. The van der Waals surface area contributed by atoms with Gasteiger partial charge in [-0.3, -0.25) is 9.59 Å². The molecule has 1 aliphatic carbocycles. The van der Waals surface area contributed by atoms with Crippen molar-refractivity contribution in [1.29, 1.82) is 0 Å². The van der Waals surface area contributed by atoms with E-state index in [1.807, 2.05) is 19.1 Å². The molecule has 1 N–H and O–H groups in total. The van der Waals surface area contributed by atoms with Crippen LogP contribution in [0.5, 0.6) is 0 Å². The maximum Gasteiger partial charge on any atom is 0.287 e. The number of rotatable bonds is 3. The van der Waals surface area contributed by atoms with E-state index in [4.69, 9.17) is 4.42 Å². The topological polar surface area (TPSA) is 59.3 Å². The summed E-state index contributed by atoms with van der Waals surface area (Å²) >= 11 is 0. The monoisotopic (exact) mass is 299 g/mol. The van der Waals surface area contributed by atoms with Gasteiger partial charge in [-0.2, -0.15) is 0 Å². The van der Waals surface area contributed by atoms with Crippen LogP contribution in [0.4, 0.5) is 0 Å². The minimum absolute atomic E-state index is 0.0962. The van der Waals surface area contributed by atoms with E-state index in [1.165, 1.54) is 38.2 Å². The number of hydrogen-bond acceptors (Lipinski definition) is 3. The molecule has 0 atom stereocenters. The van der Waals surface area contributed by atoms with Gasteiger partial charge >= 0.3 is 0 Å². The predicted molar refractivity (Wildman–Crippen MR) is 86.1 cm³/mol. The molecule has 116 valence electrons. The van der Waals surface area contributed by atoms with Gasteiger partial charge in [0.05, 0.1) is 5.39 Å². The Balaban J connectivity index is 1.78. The third-order valence-electron chi connectivity index (χ3n) is 4.46. The fourth-order valence-corrected chi connectivity index (χ4v) is 3.21. The molecule has 0 bridgehead atoms. The Bertz CT molecular complexity index is 742. The highest BCUT2D eigenvalue weighted by Gasteiger charge is 2.17. The van der Waals surface area contributed by atoms with Crippen LogP contribution in [0.2, 0.25) is 0 Å². The molecule has 1 heterocycles. The number of fused-ring (bicyclic) bond motifs is 1. The molecule has 1 fully saturated rings. The van der Waals surface area contributed by atoms with Crippen LogP contribution >= 0.6 is 0 Å². The summed E-state index contributed by atoms with van der Waals surface area (Å²) < 4.78 is 5.61. The first-order chi connectivity index (χ1) is 10.6. The zero-order chi connectivity index (χ0) is 15.5. The van der Waals surface area contributed by atoms with Crippen molar-refractivity contribution in [3.05, 3.63) is 45.8 Å². The molecule has 4 nitrogen and oxygen atoms in total. The van der Waals surface area contributed by atoms with Gasteiger partial charge in [0, 0.05) is 12.6 Å². The molecule has 0 radical (unpaired) electrons. The zero-order valence-corrected chi connectivity index (χ0v) is 12.9. The van der Waals surface area contributed by atoms with Gasteiger partial charge in [-0.05, 0) is 37.3 Å². The van der Waals surface area contributed by atoms with E-state index in [9.17, 15) is 9.59 Å². The first kappa shape index (κ1) is 14.8. The van der Waals surface area contributed by atoms with Gasteiger partial charge in [0.2, 0.25) is 0 Å². The lowest BCUT2D eigenvalue weighted by molar-refractivity contribution is 0.0916. The number of carbonyl (C=O) groups is 1. The second-order valence-corrected chi connectivity index (χ2v) is 6.14. The number of amides is 1. The minimum atomic E-state index is -0.300. The van der Waals surface area contributed by atoms with E-state index in [1.54, 1.807) is 6.07 Å². The molecular weight excluding hydrogens is 278 g/mol. The summed E-state index contributed by atoms with van der Waals surface area (Å²) in [6.45, 7) is 2.52. The highest BCUT2D eigenvalue weighted by Crippen LogP contribution is 2.23. The van der Waals surface area contributed by atoms with Crippen molar-refractivity contribution in [2.24, 2.45) is 5.92 Å². The number of aryl methyl sites for hydroxylation is 1. The molecule has 0 spiro atoms. The molecule has 4 heteroatoms. The summed E-state index contributed by atoms with van der Waals surface area (Å²) in [6.07, 6.45) is 6.11. The molecule has 22 heavy (non-hydrogen) atoms. The molecule has 2 aromatic rings. The maximum atomic E-state index is 12.2. The van der Waals surface area contributed by atoms with E-state index in [0.29, 0.717) is 23.4 Å². The van der Waals surface area contributed by atoms with Crippen molar-refractivity contribution < 1.29 is 9.21 Å². The Morgan fingerprint density at radius 3 is 2.82 bits per heavy atom. The summed E-state index contributed by atoms with van der Waals surface area (Å²) in [6, 6.07) is 6.71. The molecule has 0 aliphatic heterocycles. The number of hydrogen-bond donors (Lipinski definition) is 1. The van der Waals surface area contributed by atoms with Gasteiger partial charge in [-0.25, -0.2) is 0 Å². The maximum absolute atomic E-state index is 12.2. The lowest BCUT2D eigenvalue weighted by Gasteiger charge is -2.21. The van der Waals surface area contributed by atoms with Crippen LogP contribution in [0.1, 0.15) is 48.2 Å².